The van der Waals surface area contributed by atoms with Crippen LogP contribution in [0, 0.1) is 0 Å². The van der Waals surface area contributed by atoms with E-state index < -0.39 is 0 Å². The van der Waals surface area contributed by atoms with Crippen molar-refractivity contribution < 1.29 is 4.79 Å². The Balaban J connectivity index is 1.85. The molecule has 1 saturated heterocycles. The van der Waals surface area contributed by atoms with Gasteiger partial charge in [-0.05, 0) is 25.5 Å². The van der Waals surface area contributed by atoms with Crippen molar-refractivity contribution >= 4 is 17.7 Å². The van der Waals surface area contributed by atoms with Gasteiger partial charge < -0.3 is 5.32 Å². The Hall–Kier alpha value is -1.04. The molecule has 1 aliphatic rings. The highest BCUT2D eigenvalue weighted by atomic mass is 32.2. The fourth-order valence-corrected chi connectivity index (χ4v) is 2.89. The Morgan fingerprint density at radius 2 is 2.67 bits per heavy atom. The molecule has 2 rings (SSSR count). The van der Waals surface area contributed by atoms with Gasteiger partial charge in [0.1, 0.15) is 0 Å². The van der Waals surface area contributed by atoms with Gasteiger partial charge in [-0.3, -0.25) is 4.79 Å². The Labute approximate surface area is 92.4 Å². The van der Waals surface area contributed by atoms with Crippen LogP contribution in [-0.2, 0) is 0 Å². The average Bonchev–Trinajstić information content (AvgIpc) is 2.85. The van der Waals surface area contributed by atoms with Crippen molar-refractivity contribution in [2.24, 2.45) is 0 Å². The number of nitrogens with zero attached hydrogens (tertiary/aromatic N) is 2. The average molecular weight is 226 g/mol. The zero-order valence-corrected chi connectivity index (χ0v) is 9.43. The van der Waals surface area contributed by atoms with E-state index in [9.17, 15) is 4.79 Å². The van der Waals surface area contributed by atoms with Gasteiger partial charge in [0.2, 0.25) is 0 Å². The summed E-state index contributed by atoms with van der Waals surface area (Å²) in [5.74, 6) is 1.04. The second-order valence-electron chi connectivity index (χ2n) is 3.94. The van der Waals surface area contributed by atoms with E-state index in [1.807, 2.05) is 11.8 Å². The molecule has 2 heterocycles. The molecule has 82 valence electrons. The van der Waals surface area contributed by atoms with Crippen LogP contribution in [0.25, 0.3) is 0 Å². The van der Waals surface area contributed by atoms with E-state index in [0.29, 0.717) is 12.2 Å². The zero-order valence-electron chi connectivity index (χ0n) is 8.62. The van der Waals surface area contributed by atoms with Crippen molar-refractivity contribution in [3.8, 4) is 0 Å². The third-order valence-electron chi connectivity index (χ3n) is 2.57. The number of rotatable bonds is 3. The van der Waals surface area contributed by atoms with E-state index in [0.717, 1.165) is 6.42 Å². The Bertz CT molecular complexity index is 332. The number of hydrogen-bond acceptors (Lipinski definition) is 4. The third kappa shape index (κ3) is 2.50. The molecular formula is C9H14N4OS. The van der Waals surface area contributed by atoms with E-state index >= 15 is 0 Å². The number of H-pyrrole nitrogens is 1. The molecule has 1 aliphatic heterocycles. The van der Waals surface area contributed by atoms with E-state index in [1.54, 1.807) is 0 Å². The molecular weight excluding hydrogens is 212 g/mol. The normalized spacial score (nSPS) is 25.4. The third-order valence-corrected chi connectivity index (χ3v) is 4.11. The molecule has 0 aromatic carbocycles. The minimum absolute atomic E-state index is 0.155. The number of hydrogen-bond donors (Lipinski definition) is 2. The van der Waals surface area contributed by atoms with Gasteiger partial charge in [-0.25, -0.2) is 0 Å². The molecule has 2 N–H and O–H groups in total. The summed E-state index contributed by atoms with van der Waals surface area (Å²) in [7, 11) is 0. The molecule has 5 nitrogen and oxygen atoms in total. The Morgan fingerprint density at radius 1 is 1.80 bits per heavy atom. The maximum absolute atomic E-state index is 11.6. The van der Waals surface area contributed by atoms with E-state index in [-0.39, 0.29) is 10.7 Å². The van der Waals surface area contributed by atoms with Crippen molar-refractivity contribution in [2.75, 3.05) is 12.3 Å². The second kappa shape index (κ2) is 4.22. The molecule has 15 heavy (non-hydrogen) atoms. The highest BCUT2D eigenvalue weighted by Gasteiger charge is 2.29. The minimum atomic E-state index is -0.155. The molecule has 0 spiro atoms. The summed E-state index contributed by atoms with van der Waals surface area (Å²) < 4.78 is 0.194. The van der Waals surface area contributed by atoms with Crippen molar-refractivity contribution in [2.45, 2.75) is 24.5 Å². The molecule has 0 bridgehead atoms. The molecule has 0 saturated carbocycles. The number of thioether (sulfide) groups is 1. The summed E-state index contributed by atoms with van der Waals surface area (Å²) in [4.78, 5) is 11.6. The van der Waals surface area contributed by atoms with Crippen LogP contribution in [0.1, 0.15) is 30.3 Å². The second-order valence-corrected chi connectivity index (χ2v) is 5.62. The number of amides is 1. The summed E-state index contributed by atoms with van der Waals surface area (Å²) in [6.07, 6.45) is 3.83. The van der Waals surface area contributed by atoms with Gasteiger partial charge in [-0.2, -0.15) is 27.2 Å². The summed E-state index contributed by atoms with van der Waals surface area (Å²) in [5.41, 5.74) is 0.349. The molecule has 1 aromatic rings. The van der Waals surface area contributed by atoms with Crippen molar-refractivity contribution in [3.05, 3.63) is 11.9 Å². The first-order chi connectivity index (χ1) is 7.20. The highest BCUT2D eigenvalue weighted by Crippen LogP contribution is 2.36. The highest BCUT2D eigenvalue weighted by molar-refractivity contribution is 8.00. The molecule has 1 unspecified atom stereocenters. The number of carbonyl (C=O) groups excluding carboxylic acids is 1. The van der Waals surface area contributed by atoms with Crippen LogP contribution in [0.5, 0.6) is 0 Å². The zero-order chi connectivity index (χ0) is 10.7. The van der Waals surface area contributed by atoms with Gasteiger partial charge in [-0.1, -0.05) is 0 Å². The molecule has 6 heteroatoms. The quantitative estimate of drug-likeness (QED) is 0.800. The first-order valence-electron chi connectivity index (χ1n) is 4.98. The smallest absolute Gasteiger partial charge is 0.273 e. The molecule has 1 atom stereocenters. The molecule has 1 fully saturated rings. The van der Waals surface area contributed by atoms with Gasteiger partial charge in [0, 0.05) is 11.3 Å². The maximum atomic E-state index is 11.6. The van der Waals surface area contributed by atoms with Crippen LogP contribution in [0.15, 0.2) is 6.20 Å². The summed E-state index contributed by atoms with van der Waals surface area (Å²) in [5, 5.41) is 12.6. The van der Waals surface area contributed by atoms with Crippen molar-refractivity contribution in [1.82, 2.24) is 20.7 Å². The predicted octanol–water partition coefficient (Wildman–Crippen LogP) is 0.820. The van der Waals surface area contributed by atoms with Gasteiger partial charge in [-0.15, -0.1) is 0 Å². The van der Waals surface area contributed by atoms with Gasteiger partial charge in [0.25, 0.3) is 5.91 Å². The fourth-order valence-electron chi connectivity index (χ4n) is 1.65. The van der Waals surface area contributed by atoms with Crippen LogP contribution in [0.2, 0.25) is 0 Å². The summed E-state index contributed by atoms with van der Waals surface area (Å²) in [6.45, 7) is 2.89. The minimum Gasteiger partial charge on any atom is -0.349 e. The molecule has 1 amide bonds. The lowest BCUT2D eigenvalue weighted by Gasteiger charge is -2.22. The van der Waals surface area contributed by atoms with Gasteiger partial charge >= 0.3 is 0 Å². The van der Waals surface area contributed by atoms with Crippen molar-refractivity contribution in [1.29, 1.82) is 0 Å². The first-order valence-corrected chi connectivity index (χ1v) is 5.96. The van der Waals surface area contributed by atoms with Gasteiger partial charge in [0.05, 0.1) is 6.20 Å². The first kappa shape index (κ1) is 10.5. The van der Waals surface area contributed by atoms with Crippen LogP contribution < -0.4 is 5.32 Å². The Morgan fingerprint density at radius 3 is 3.27 bits per heavy atom. The standard InChI is InChI=1S/C9H14N4OS/c1-9(3-2-4-15-9)6-10-8(14)7-5-11-13-12-7/h5H,2-4,6H2,1H3,(H,10,14)(H,11,12,13). The van der Waals surface area contributed by atoms with Crippen LogP contribution >= 0.6 is 11.8 Å². The van der Waals surface area contributed by atoms with E-state index in [1.165, 1.54) is 18.4 Å². The number of nitrogens with one attached hydrogen (secondary N) is 2. The summed E-state index contributed by atoms with van der Waals surface area (Å²) >= 11 is 1.93. The lowest BCUT2D eigenvalue weighted by Crippen LogP contribution is -2.36. The van der Waals surface area contributed by atoms with Gasteiger partial charge in [0.15, 0.2) is 5.69 Å². The number of aromatic nitrogens is 3. The lowest BCUT2D eigenvalue weighted by molar-refractivity contribution is 0.0945. The monoisotopic (exact) mass is 226 g/mol. The summed E-state index contributed by atoms with van der Waals surface area (Å²) in [6, 6.07) is 0. The van der Waals surface area contributed by atoms with E-state index in [4.69, 9.17) is 0 Å². The molecule has 0 aliphatic carbocycles. The number of aromatic amines is 1. The SMILES string of the molecule is CC1(CNC(=O)c2cn[nH]n2)CCCS1. The largest absolute Gasteiger partial charge is 0.349 e. The number of carbonyl (C=O) groups is 1. The molecule has 1 aromatic heterocycles. The van der Waals surface area contributed by atoms with Crippen molar-refractivity contribution in [3.63, 3.8) is 0 Å². The van der Waals surface area contributed by atoms with Crippen LogP contribution in [0.4, 0.5) is 0 Å². The topological polar surface area (TPSA) is 70.7 Å². The van der Waals surface area contributed by atoms with E-state index in [2.05, 4.69) is 27.7 Å². The lowest BCUT2D eigenvalue weighted by atomic mass is 10.1. The molecule has 0 radical (unpaired) electrons. The van der Waals surface area contributed by atoms with Crippen LogP contribution in [0.3, 0.4) is 0 Å². The maximum Gasteiger partial charge on any atom is 0.273 e. The van der Waals surface area contributed by atoms with Crippen LogP contribution in [-0.4, -0.2) is 38.4 Å². The fraction of sp³-hybridized carbons (Fsp3) is 0.667. The predicted molar refractivity (Wildman–Crippen MR) is 58.8 cm³/mol. The Kier molecular flexibility index (Phi) is 2.95.